The summed E-state index contributed by atoms with van der Waals surface area (Å²) in [4.78, 5) is 18.2. The molecular weight excluding hydrogens is 384 g/mol. The zero-order valence-electron chi connectivity index (χ0n) is 18.3. The van der Waals surface area contributed by atoms with Gasteiger partial charge in [-0.25, -0.2) is 0 Å². The van der Waals surface area contributed by atoms with Gasteiger partial charge in [0.1, 0.15) is 5.69 Å². The maximum absolute atomic E-state index is 13.0. The highest BCUT2D eigenvalue weighted by molar-refractivity contribution is 5.99. The fourth-order valence-electron chi connectivity index (χ4n) is 4.61. The predicted octanol–water partition coefficient (Wildman–Crippen LogP) is 5.35. The maximum atomic E-state index is 13.0. The van der Waals surface area contributed by atoms with Gasteiger partial charge in [-0.05, 0) is 54.5 Å². The maximum Gasteiger partial charge on any atom is 0.253 e. The summed E-state index contributed by atoms with van der Waals surface area (Å²) in [5.74, 6) is 0.0212. The number of carbonyl (C=O) groups is 1. The van der Waals surface area contributed by atoms with Gasteiger partial charge in [-0.15, -0.1) is 0 Å². The molecule has 1 amide bonds. The van der Waals surface area contributed by atoms with Crippen molar-refractivity contribution in [3.05, 3.63) is 77.0 Å². The molecule has 0 aliphatic heterocycles. The van der Waals surface area contributed by atoms with Gasteiger partial charge in [0.25, 0.3) is 5.91 Å². The number of aromatic amines is 2. The molecule has 4 aromatic rings. The lowest BCUT2D eigenvalue weighted by Gasteiger charge is -2.28. The quantitative estimate of drug-likeness (QED) is 0.475. The fraction of sp³-hybridized carbons (Fsp3) is 0.308. The molecule has 0 radical (unpaired) electrons. The first-order chi connectivity index (χ1) is 14.9. The molecule has 0 bridgehead atoms. The standard InChI is InChI=1S/C26H28N4O/c1-26(2)12-11-20-23(15-26)28-29-24(20)22-14-19-13-18(9-10-21(19)27-22)25(31)30(3)16-17-7-5-4-6-8-17/h4-10,13-14,27H,11-12,15-16H2,1-3H3,(H,28,29). The van der Waals surface area contributed by atoms with Crippen molar-refractivity contribution in [2.45, 2.75) is 39.7 Å². The van der Waals surface area contributed by atoms with Crippen molar-refractivity contribution in [1.82, 2.24) is 20.1 Å². The lowest BCUT2D eigenvalue weighted by molar-refractivity contribution is 0.0785. The highest BCUT2D eigenvalue weighted by atomic mass is 16.2. The van der Waals surface area contributed by atoms with E-state index in [1.807, 2.05) is 55.6 Å². The first kappa shape index (κ1) is 19.6. The van der Waals surface area contributed by atoms with Crippen LogP contribution in [-0.2, 0) is 19.4 Å². The van der Waals surface area contributed by atoms with Gasteiger partial charge < -0.3 is 9.88 Å². The lowest BCUT2D eigenvalue weighted by atomic mass is 9.76. The summed E-state index contributed by atoms with van der Waals surface area (Å²) in [6, 6.07) is 18.0. The van der Waals surface area contributed by atoms with Crippen LogP contribution in [0.5, 0.6) is 0 Å². The Morgan fingerprint density at radius 1 is 1.13 bits per heavy atom. The number of amides is 1. The Bertz CT molecular complexity index is 1250. The zero-order valence-corrected chi connectivity index (χ0v) is 18.3. The Morgan fingerprint density at radius 3 is 2.74 bits per heavy atom. The summed E-state index contributed by atoms with van der Waals surface area (Å²) in [6.45, 7) is 5.21. The molecule has 31 heavy (non-hydrogen) atoms. The lowest BCUT2D eigenvalue weighted by Crippen LogP contribution is -2.26. The van der Waals surface area contributed by atoms with Crippen molar-refractivity contribution in [2.75, 3.05) is 7.05 Å². The first-order valence-electron chi connectivity index (χ1n) is 10.9. The Kier molecular flexibility index (Phi) is 4.69. The number of H-pyrrole nitrogens is 2. The molecular formula is C26H28N4O. The van der Waals surface area contributed by atoms with E-state index in [0.717, 1.165) is 40.7 Å². The number of carbonyl (C=O) groups excluding carboxylic acids is 1. The SMILES string of the molecule is CN(Cc1ccccc1)C(=O)c1ccc2[nH]c(-c3n[nH]c4c3CCC(C)(C)C4)cc2c1. The van der Waals surface area contributed by atoms with Crippen LogP contribution in [0.1, 0.15) is 47.4 Å². The van der Waals surface area contributed by atoms with E-state index in [0.29, 0.717) is 17.5 Å². The summed E-state index contributed by atoms with van der Waals surface area (Å²) < 4.78 is 0. The second kappa shape index (κ2) is 7.41. The number of nitrogens with zero attached hydrogens (tertiary/aromatic N) is 2. The third-order valence-corrected chi connectivity index (χ3v) is 6.39. The molecule has 2 aromatic heterocycles. The van der Waals surface area contributed by atoms with Crippen LogP contribution in [0.4, 0.5) is 0 Å². The second-order valence-electron chi connectivity index (χ2n) is 9.50. The Hall–Kier alpha value is -3.34. The van der Waals surface area contributed by atoms with Crippen molar-refractivity contribution in [2.24, 2.45) is 5.41 Å². The number of benzene rings is 2. The molecule has 5 heteroatoms. The van der Waals surface area contributed by atoms with Crippen LogP contribution in [-0.4, -0.2) is 33.0 Å². The van der Waals surface area contributed by atoms with Gasteiger partial charge >= 0.3 is 0 Å². The molecule has 0 fully saturated rings. The molecule has 5 nitrogen and oxygen atoms in total. The van der Waals surface area contributed by atoms with Crippen molar-refractivity contribution in [3.8, 4) is 11.4 Å². The zero-order chi connectivity index (χ0) is 21.6. The molecule has 0 spiro atoms. The van der Waals surface area contributed by atoms with Gasteiger partial charge in [0.2, 0.25) is 0 Å². The van der Waals surface area contributed by atoms with Crippen molar-refractivity contribution in [1.29, 1.82) is 0 Å². The summed E-state index contributed by atoms with van der Waals surface area (Å²) >= 11 is 0. The minimum atomic E-state index is 0.0212. The largest absolute Gasteiger partial charge is 0.353 e. The Morgan fingerprint density at radius 2 is 1.94 bits per heavy atom. The molecule has 0 saturated heterocycles. The fourth-order valence-corrected chi connectivity index (χ4v) is 4.61. The van der Waals surface area contributed by atoms with Crippen molar-refractivity contribution in [3.63, 3.8) is 0 Å². The van der Waals surface area contributed by atoms with Crippen LogP contribution in [0.15, 0.2) is 54.6 Å². The van der Waals surface area contributed by atoms with Gasteiger partial charge in [-0.2, -0.15) is 5.10 Å². The van der Waals surface area contributed by atoms with Crippen molar-refractivity contribution < 1.29 is 4.79 Å². The minimum Gasteiger partial charge on any atom is -0.353 e. The van der Waals surface area contributed by atoms with Crippen LogP contribution < -0.4 is 0 Å². The summed E-state index contributed by atoms with van der Waals surface area (Å²) in [7, 11) is 1.85. The third-order valence-electron chi connectivity index (χ3n) is 6.39. The molecule has 2 N–H and O–H groups in total. The summed E-state index contributed by atoms with van der Waals surface area (Å²) in [6.07, 6.45) is 3.23. The average Bonchev–Trinajstić information content (AvgIpc) is 3.35. The predicted molar refractivity (Wildman–Crippen MR) is 124 cm³/mol. The summed E-state index contributed by atoms with van der Waals surface area (Å²) in [5.41, 5.74) is 7.75. The van der Waals surface area contributed by atoms with E-state index in [2.05, 4.69) is 35.1 Å². The minimum absolute atomic E-state index is 0.0212. The second-order valence-corrected chi connectivity index (χ2v) is 9.50. The van der Waals surface area contributed by atoms with E-state index in [9.17, 15) is 4.79 Å². The van der Waals surface area contributed by atoms with Gasteiger partial charge in [-0.3, -0.25) is 9.89 Å². The van der Waals surface area contributed by atoms with Gasteiger partial charge in [0.05, 0.1) is 5.69 Å². The number of aromatic nitrogens is 3. The Balaban J connectivity index is 1.41. The molecule has 1 aliphatic carbocycles. The molecule has 2 heterocycles. The third kappa shape index (κ3) is 3.76. The molecule has 5 rings (SSSR count). The van der Waals surface area contributed by atoms with Gasteiger partial charge in [-0.1, -0.05) is 44.2 Å². The first-order valence-corrected chi connectivity index (χ1v) is 10.9. The van der Waals surface area contributed by atoms with E-state index >= 15 is 0 Å². The topological polar surface area (TPSA) is 64.8 Å². The molecule has 2 aromatic carbocycles. The van der Waals surface area contributed by atoms with Crippen LogP contribution in [0, 0.1) is 5.41 Å². The van der Waals surface area contributed by atoms with Gasteiger partial charge in [0, 0.05) is 41.3 Å². The summed E-state index contributed by atoms with van der Waals surface area (Å²) in [5, 5.41) is 8.92. The number of hydrogen-bond donors (Lipinski definition) is 2. The number of fused-ring (bicyclic) bond motifs is 2. The van der Waals surface area contributed by atoms with Gasteiger partial charge in [0.15, 0.2) is 0 Å². The average molecular weight is 413 g/mol. The molecule has 1 aliphatic rings. The van der Waals surface area contributed by atoms with Crippen LogP contribution >= 0.6 is 0 Å². The number of rotatable bonds is 4. The highest BCUT2D eigenvalue weighted by Crippen LogP contribution is 2.38. The molecule has 158 valence electrons. The van der Waals surface area contributed by atoms with E-state index in [-0.39, 0.29) is 5.91 Å². The normalized spacial score (nSPS) is 15.1. The molecule has 0 atom stereocenters. The van der Waals surface area contributed by atoms with Crippen LogP contribution in [0.2, 0.25) is 0 Å². The van der Waals surface area contributed by atoms with E-state index in [1.165, 1.54) is 17.7 Å². The van der Waals surface area contributed by atoms with Crippen LogP contribution in [0.3, 0.4) is 0 Å². The Labute approximate surface area is 182 Å². The monoisotopic (exact) mass is 412 g/mol. The highest BCUT2D eigenvalue weighted by Gasteiger charge is 2.29. The van der Waals surface area contributed by atoms with Crippen LogP contribution in [0.25, 0.3) is 22.3 Å². The molecule has 0 unspecified atom stereocenters. The van der Waals surface area contributed by atoms with E-state index in [4.69, 9.17) is 0 Å². The van der Waals surface area contributed by atoms with Crippen molar-refractivity contribution >= 4 is 16.8 Å². The van der Waals surface area contributed by atoms with E-state index < -0.39 is 0 Å². The number of hydrogen-bond acceptors (Lipinski definition) is 2. The smallest absolute Gasteiger partial charge is 0.253 e. The molecule has 0 saturated carbocycles. The number of nitrogens with one attached hydrogen (secondary N) is 2. The van der Waals surface area contributed by atoms with E-state index in [1.54, 1.807) is 4.90 Å².